The number of phosphoric ester groups is 2. The molecule has 0 rings (SSSR count). The van der Waals surface area contributed by atoms with E-state index in [0.717, 1.165) is 95.8 Å². The highest BCUT2D eigenvalue weighted by Gasteiger charge is 2.31. The van der Waals surface area contributed by atoms with E-state index in [2.05, 4.69) is 34.6 Å². The molecule has 17 nitrogen and oxygen atoms in total. The van der Waals surface area contributed by atoms with Crippen LogP contribution in [0.5, 0.6) is 0 Å². The summed E-state index contributed by atoms with van der Waals surface area (Å²) in [5.74, 6) is -1.22. The Labute approximate surface area is 670 Å². The molecule has 0 saturated heterocycles. The normalized spacial score (nSPS) is 13.9. The number of ether oxygens (including phenoxy) is 4. The summed E-state index contributed by atoms with van der Waals surface area (Å²) in [4.78, 5) is 73.4. The maximum atomic E-state index is 13.2. The first-order valence-corrected chi connectivity index (χ1v) is 49.7. The van der Waals surface area contributed by atoms with E-state index in [4.69, 9.17) is 37.0 Å². The second-order valence-electron chi connectivity index (χ2n) is 32.6. The number of carbonyl (C=O) groups is 4. The van der Waals surface area contributed by atoms with Crippen LogP contribution in [0.25, 0.3) is 0 Å². The zero-order valence-electron chi connectivity index (χ0n) is 71.7. The molecule has 109 heavy (non-hydrogen) atoms. The fraction of sp³-hybridized carbons (Fsp3) is 0.956. The molecule has 0 aromatic carbocycles. The second kappa shape index (κ2) is 82.6. The number of aliphatic hydroxyl groups is 1. The van der Waals surface area contributed by atoms with Crippen LogP contribution in [-0.2, 0) is 65.4 Å². The van der Waals surface area contributed by atoms with Gasteiger partial charge < -0.3 is 33.8 Å². The molecule has 0 radical (unpaired) electrons. The molecule has 0 aromatic heterocycles. The number of carbonyl (C=O) groups excluding carboxylic acids is 4. The summed E-state index contributed by atoms with van der Waals surface area (Å²) in [7, 11) is -9.93. The number of aliphatic hydroxyl groups excluding tert-OH is 1. The average molecular weight is 1590 g/mol. The van der Waals surface area contributed by atoms with E-state index in [9.17, 15) is 43.2 Å². The van der Waals surface area contributed by atoms with Crippen LogP contribution >= 0.6 is 15.6 Å². The summed E-state index contributed by atoms with van der Waals surface area (Å²) in [5.41, 5.74) is 0. The fourth-order valence-electron chi connectivity index (χ4n) is 14.1. The zero-order chi connectivity index (χ0) is 79.7. The van der Waals surface area contributed by atoms with Gasteiger partial charge in [-0.05, 0) is 31.6 Å². The van der Waals surface area contributed by atoms with Crippen LogP contribution in [0.1, 0.15) is 490 Å². The largest absolute Gasteiger partial charge is 0.472 e. The molecule has 0 saturated carbocycles. The molecule has 648 valence electrons. The first kappa shape index (κ1) is 107. The first-order valence-electron chi connectivity index (χ1n) is 46.7. The van der Waals surface area contributed by atoms with Gasteiger partial charge in [0.2, 0.25) is 0 Å². The van der Waals surface area contributed by atoms with Gasteiger partial charge in [-0.2, -0.15) is 0 Å². The molecule has 6 atom stereocenters. The Kier molecular flexibility index (Phi) is 81.1. The van der Waals surface area contributed by atoms with Gasteiger partial charge in [-0.1, -0.05) is 439 Å². The summed E-state index contributed by atoms with van der Waals surface area (Å²) in [6.45, 7) is 7.47. The molecule has 3 N–H and O–H groups in total. The van der Waals surface area contributed by atoms with E-state index in [-0.39, 0.29) is 25.7 Å². The van der Waals surface area contributed by atoms with E-state index >= 15 is 0 Å². The van der Waals surface area contributed by atoms with Gasteiger partial charge in [0, 0.05) is 25.7 Å². The van der Waals surface area contributed by atoms with Crippen LogP contribution in [0.3, 0.4) is 0 Å². The molecular weight excluding hydrogens is 1410 g/mol. The topological polar surface area (TPSA) is 237 Å². The monoisotopic (exact) mass is 1590 g/mol. The summed E-state index contributed by atoms with van der Waals surface area (Å²) in [6.07, 6.45) is 77.7. The Morgan fingerprint density at radius 3 is 0.651 bits per heavy atom. The fourth-order valence-corrected chi connectivity index (χ4v) is 15.7. The third kappa shape index (κ3) is 82.4. The Morgan fingerprint density at radius 2 is 0.440 bits per heavy atom. The Hall–Kier alpha value is -1.94. The molecule has 0 aliphatic heterocycles. The van der Waals surface area contributed by atoms with E-state index in [1.165, 1.54) is 315 Å². The molecule has 0 fully saturated rings. The maximum absolute atomic E-state index is 13.2. The van der Waals surface area contributed by atoms with Crippen molar-refractivity contribution < 1.29 is 80.2 Å². The van der Waals surface area contributed by atoms with Crippen molar-refractivity contribution in [1.29, 1.82) is 0 Å². The molecule has 0 spiro atoms. The van der Waals surface area contributed by atoms with Crippen LogP contribution in [0.2, 0.25) is 0 Å². The molecular formula is C90H176O17P2. The highest BCUT2D eigenvalue weighted by atomic mass is 31.2. The van der Waals surface area contributed by atoms with Gasteiger partial charge in [-0.25, -0.2) is 9.13 Å². The van der Waals surface area contributed by atoms with Crippen LogP contribution in [0.15, 0.2) is 0 Å². The molecule has 0 aromatic rings. The first-order chi connectivity index (χ1) is 53.1. The SMILES string of the molecule is CCCCCCCCCCCCCCCCCCCCCC(=O)OC[C@H](COP(=O)(O)OC[C@@H](O)COP(=O)(O)OC[C@@H](COC(=O)CCCCCCCCCCCCCCC)OC(=O)CCCCCCCCCCCCCCCCC)OC(=O)CCCCCCCCCCCCCCCCCCCCC(C)CC. The predicted molar refractivity (Wildman–Crippen MR) is 451 cm³/mol. The number of rotatable bonds is 90. The third-order valence-electron chi connectivity index (χ3n) is 21.6. The zero-order valence-corrected chi connectivity index (χ0v) is 73.5. The van der Waals surface area contributed by atoms with Crippen molar-refractivity contribution in [2.75, 3.05) is 39.6 Å². The summed E-state index contributed by atoms with van der Waals surface area (Å²) in [6, 6.07) is 0. The number of hydrogen-bond donors (Lipinski definition) is 3. The minimum absolute atomic E-state index is 0.109. The average Bonchev–Trinajstić information content (AvgIpc) is 0.899. The number of hydrogen-bond acceptors (Lipinski definition) is 15. The van der Waals surface area contributed by atoms with Crippen LogP contribution in [-0.4, -0.2) is 96.7 Å². The van der Waals surface area contributed by atoms with Crippen molar-refractivity contribution in [2.24, 2.45) is 5.92 Å². The Balaban J connectivity index is 5.25. The quantitative estimate of drug-likeness (QED) is 0.0222. The van der Waals surface area contributed by atoms with Crippen molar-refractivity contribution in [3.8, 4) is 0 Å². The highest BCUT2D eigenvalue weighted by Crippen LogP contribution is 2.45. The molecule has 0 aliphatic rings. The Morgan fingerprint density at radius 1 is 0.257 bits per heavy atom. The van der Waals surface area contributed by atoms with Gasteiger partial charge in [-0.3, -0.25) is 37.3 Å². The van der Waals surface area contributed by atoms with E-state index < -0.39 is 97.5 Å². The van der Waals surface area contributed by atoms with Gasteiger partial charge >= 0.3 is 39.5 Å². The smallest absolute Gasteiger partial charge is 0.462 e. The standard InChI is InChI=1S/C90H176O17P2/c1-6-10-13-16-19-22-25-28-30-31-32-36-40-44-49-54-59-64-69-74-88(93)101-80-86(107-90(95)76-71-66-61-56-51-46-41-37-34-33-35-39-43-47-52-57-62-67-72-83(5)9-4)82-105-109(98,99)103-78-84(91)77-102-108(96,97)104-81-85(79-100-87(92)73-68-63-58-53-48-42-27-24-21-18-15-12-8-3)106-89(94)75-70-65-60-55-50-45-38-29-26-23-20-17-14-11-7-2/h83-86,91H,6-82H2,1-5H3,(H,96,97)(H,98,99)/t83?,84-,85+,86+/m0/s1. The van der Waals surface area contributed by atoms with E-state index in [0.29, 0.717) is 25.7 Å². The Bertz CT molecular complexity index is 2070. The van der Waals surface area contributed by atoms with Crippen LogP contribution < -0.4 is 0 Å². The maximum Gasteiger partial charge on any atom is 0.472 e. The molecule has 0 amide bonds. The van der Waals surface area contributed by atoms with E-state index in [1.807, 2.05) is 0 Å². The van der Waals surface area contributed by atoms with E-state index in [1.54, 1.807) is 0 Å². The number of esters is 4. The van der Waals surface area contributed by atoms with Crippen LogP contribution in [0, 0.1) is 5.92 Å². The second-order valence-corrected chi connectivity index (χ2v) is 35.5. The highest BCUT2D eigenvalue weighted by molar-refractivity contribution is 7.47. The summed E-state index contributed by atoms with van der Waals surface area (Å²) >= 11 is 0. The van der Waals surface area contributed by atoms with Crippen molar-refractivity contribution in [1.82, 2.24) is 0 Å². The van der Waals surface area contributed by atoms with Crippen LogP contribution in [0.4, 0.5) is 0 Å². The van der Waals surface area contributed by atoms with Crippen molar-refractivity contribution >= 4 is 39.5 Å². The lowest BCUT2D eigenvalue weighted by atomic mass is 9.99. The van der Waals surface area contributed by atoms with Gasteiger partial charge in [0.1, 0.15) is 19.3 Å². The molecule has 0 heterocycles. The summed E-state index contributed by atoms with van der Waals surface area (Å²) in [5, 5.41) is 10.7. The van der Waals surface area contributed by atoms with Crippen molar-refractivity contribution in [2.45, 2.75) is 509 Å². The van der Waals surface area contributed by atoms with Crippen molar-refractivity contribution in [3.63, 3.8) is 0 Å². The van der Waals surface area contributed by atoms with Gasteiger partial charge in [-0.15, -0.1) is 0 Å². The minimum atomic E-state index is -4.97. The van der Waals surface area contributed by atoms with Gasteiger partial charge in [0.05, 0.1) is 26.4 Å². The molecule has 19 heteroatoms. The summed E-state index contributed by atoms with van der Waals surface area (Å²) < 4.78 is 69.1. The van der Waals surface area contributed by atoms with Crippen molar-refractivity contribution in [3.05, 3.63) is 0 Å². The number of unbranched alkanes of at least 4 members (excludes halogenated alkanes) is 61. The predicted octanol–water partition coefficient (Wildman–Crippen LogP) is 27.9. The van der Waals surface area contributed by atoms with Gasteiger partial charge in [0.25, 0.3) is 0 Å². The van der Waals surface area contributed by atoms with Gasteiger partial charge in [0.15, 0.2) is 12.2 Å². The lowest BCUT2D eigenvalue weighted by Crippen LogP contribution is -2.30. The molecule has 3 unspecified atom stereocenters. The number of phosphoric acid groups is 2. The third-order valence-corrected chi connectivity index (χ3v) is 23.5. The molecule has 0 bridgehead atoms. The minimum Gasteiger partial charge on any atom is -0.462 e. The molecule has 0 aliphatic carbocycles. The lowest BCUT2D eigenvalue weighted by Gasteiger charge is -2.21. The lowest BCUT2D eigenvalue weighted by molar-refractivity contribution is -0.161.